The molecule has 0 spiro atoms. The quantitative estimate of drug-likeness (QED) is 0.776. The summed E-state index contributed by atoms with van der Waals surface area (Å²) in [5.74, 6) is 0.348. The van der Waals surface area contributed by atoms with Crippen LogP contribution in [0.4, 0.5) is 0 Å². The highest BCUT2D eigenvalue weighted by Crippen LogP contribution is 2.30. The molecule has 0 radical (unpaired) electrons. The molecule has 1 aliphatic carbocycles. The molecule has 2 fully saturated rings. The first-order chi connectivity index (χ1) is 8.39. The Balaban J connectivity index is 1.78. The van der Waals surface area contributed by atoms with E-state index in [-0.39, 0.29) is 29.0 Å². The maximum Gasteiger partial charge on any atom is 0.222 e. The summed E-state index contributed by atoms with van der Waals surface area (Å²) in [7, 11) is -2.86. The third-order valence-electron chi connectivity index (χ3n) is 4.03. The zero-order valence-electron chi connectivity index (χ0n) is 10.7. The summed E-state index contributed by atoms with van der Waals surface area (Å²) >= 11 is 0. The van der Waals surface area contributed by atoms with E-state index < -0.39 is 9.84 Å². The summed E-state index contributed by atoms with van der Waals surface area (Å²) in [6.45, 7) is 0. The van der Waals surface area contributed by atoms with Crippen LogP contribution in [-0.4, -0.2) is 37.4 Å². The number of carbonyl (C=O) groups is 1. The van der Waals surface area contributed by atoms with Gasteiger partial charge in [0.15, 0.2) is 0 Å². The summed E-state index contributed by atoms with van der Waals surface area (Å²) in [6.07, 6.45) is 5.48. The topological polar surface area (TPSA) is 89.3 Å². The highest BCUT2D eigenvalue weighted by Gasteiger charge is 2.33. The van der Waals surface area contributed by atoms with Crippen molar-refractivity contribution in [2.75, 3.05) is 11.5 Å². The second kappa shape index (κ2) is 5.17. The lowest BCUT2D eigenvalue weighted by molar-refractivity contribution is -0.123. The van der Waals surface area contributed by atoms with Crippen molar-refractivity contribution in [2.45, 2.75) is 56.5 Å². The Labute approximate surface area is 108 Å². The Hall–Kier alpha value is -0.620. The molecule has 1 aliphatic heterocycles. The number of nitrogens with one attached hydrogen (secondary N) is 1. The second-order valence-corrected chi connectivity index (χ2v) is 8.04. The van der Waals surface area contributed by atoms with Gasteiger partial charge in [0.25, 0.3) is 0 Å². The Bertz CT molecular complexity index is 399. The van der Waals surface area contributed by atoms with Crippen LogP contribution in [0.3, 0.4) is 0 Å². The van der Waals surface area contributed by atoms with Gasteiger partial charge in [-0.15, -0.1) is 0 Å². The maximum atomic E-state index is 11.9. The largest absolute Gasteiger partial charge is 0.353 e. The van der Waals surface area contributed by atoms with E-state index in [1.54, 1.807) is 0 Å². The van der Waals surface area contributed by atoms with Crippen molar-refractivity contribution < 1.29 is 13.2 Å². The minimum Gasteiger partial charge on any atom is -0.353 e. The molecule has 1 heterocycles. The summed E-state index contributed by atoms with van der Waals surface area (Å²) < 4.78 is 22.6. The molecular formula is C12H22N2O3S. The smallest absolute Gasteiger partial charge is 0.222 e. The second-order valence-electron chi connectivity index (χ2n) is 5.74. The van der Waals surface area contributed by atoms with E-state index in [0.29, 0.717) is 19.3 Å². The van der Waals surface area contributed by atoms with Crippen LogP contribution < -0.4 is 11.1 Å². The summed E-state index contributed by atoms with van der Waals surface area (Å²) in [4.78, 5) is 11.9. The molecule has 0 unspecified atom stereocenters. The minimum absolute atomic E-state index is 0.00558. The monoisotopic (exact) mass is 274 g/mol. The van der Waals surface area contributed by atoms with Gasteiger partial charge in [0, 0.05) is 18.0 Å². The van der Waals surface area contributed by atoms with Crippen molar-refractivity contribution in [3.05, 3.63) is 0 Å². The molecule has 3 N–H and O–H groups in total. The van der Waals surface area contributed by atoms with Crippen LogP contribution in [0.2, 0.25) is 0 Å². The van der Waals surface area contributed by atoms with Crippen LogP contribution in [0.5, 0.6) is 0 Å². The van der Waals surface area contributed by atoms with E-state index in [1.165, 1.54) is 0 Å². The van der Waals surface area contributed by atoms with Gasteiger partial charge in [0.05, 0.1) is 11.5 Å². The molecule has 1 amide bonds. The molecule has 0 aromatic carbocycles. The number of carbonyl (C=O) groups excluding carboxylic acids is 1. The van der Waals surface area contributed by atoms with Gasteiger partial charge < -0.3 is 11.1 Å². The lowest BCUT2D eigenvalue weighted by atomic mass is 9.94. The fourth-order valence-electron chi connectivity index (χ4n) is 2.89. The number of hydrogen-bond acceptors (Lipinski definition) is 4. The van der Waals surface area contributed by atoms with Gasteiger partial charge in [-0.2, -0.15) is 0 Å². The van der Waals surface area contributed by atoms with Crippen molar-refractivity contribution in [3.63, 3.8) is 0 Å². The van der Waals surface area contributed by atoms with E-state index >= 15 is 0 Å². The summed E-state index contributed by atoms with van der Waals surface area (Å²) in [6, 6.07) is 0.00558. The fraction of sp³-hybridized carbons (Fsp3) is 0.917. The molecule has 1 saturated heterocycles. The van der Waals surface area contributed by atoms with Gasteiger partial charge in [0.2, 0.25) is 5.91 Å². The van der Waals surface area contributed by atoms with Crippen molar-refractivity contribution in [1.82, 2.24) is 5.32 Å². The minimum atomic E-state index is -2.86. The Morgan fingerprint density at radius 2 is 1.78 bits per heavy atom. The Kier molecular flexibility index (Phi) is 3.96. The van der Waals surface area contributed by atoms with Gasteiger partial charge in [-0.25, -0.2) is 8.42 Å². The molecule has 0 aromatic rings. The van der Waals surface area contributed by atoms with Crippen LogP contribution >= 0.6 is 0 Å². The third-order valence-corrected chi connectivity index (χ3v) is 5.75. The maximum absolute atomic E-state index is 11.9. The van der Waals surface area contributed by atoms with E-state index in [9.17, 15) is 13.2 Å². The van der Waals surface area contributed by atoms with Gasteiger partial charge in [0.1, 0.15) is 9.84 Å². The summed E-state index contributed by atoms with van der Waals surface area (Å²) in [5, 5.41) is 2.93. The van der Waals surface area contributed by atoms with Gasteiger partial charge in [-0.3, -0.25) is 4.79 Å². The Morgan fingerprint density at radius 1 is 1.22 bits per heavy atom. The highest BCUT2D eigenvalue weighted by atomic mass is 32.2. The number of nitrogens with two attached hydrogens (primary N) is 1. The SMILES string of the molecule is NC1(CC(=O)NC2CCS(=O)(=O)CC2)CCCC1. The van der Waals surface area contributed by atoms with Crippen LogP contribution in [0.15, 0.2) is 0 Å². The van der Waals surface area contributed by atoms with Crippen molar-refractivity contribution in [3.8, 4) is 0 Å². The molecule has 1 saturated carbocycles. The van der Waals surface area contributed by atoms with Gasteiger partial charge in [-0.1, -0.05) is 12.8 Å². The predicted octanol–water partition coefficient (Wildman–Crippen LogP) is 0.341. The van der Waals surface area contributed by atoms with Gasteiger partial charge in [-0.05, 0) is 25.7 Å². The van der Waals surface area contributed by atoms with Crippen molar-refractivity contribution in [1.29, 1.82) is 0 Å². The zero-order valence-corrected chi connectivity index (χ0v) is 11.5. The molecule has 18 heavy (non-hydrogen) atoms. The van der Waals surface area contributed by atoms with E-state index in [4.69, 9.17) is 5.73 Å². The molecule has 5 nitrogen and oxygen atoms in total. The first kappa shape index (κ1) is 13.8. The molecular weight excluding hydrogens is 252 g/mol. The number of amides is 1. The third kappa shape index (κ3) is 3.68. The number of rotatable bonds is 3. The molecule has 2 aliphatic rings. The standard InChI is InChI=1S/C12H22N2O3S/c13-12(5-1-2-6-12)9-11(15)14-10-3-7-18(16,17)8-4-10/h10H,1-9,13H2,(H,14,15). The Morgan fingerprint density at radius 3 is 2.33 bits per heavy atom. The molecule has 104 valence electrons. The lowest BCUT2D eigenvalue weighted by Gasteiger charge is -2.27. The van der Waals surface area contributed by atoms with Crippen LogP contribution in [0, 0.1) is 0 Å². The highest BCUT2D eigenvalue weighted by molar-refractivity contribution is 7.91. The van der Waals surface area contributed by atoms with E-state index in [1.807, 2.05) is 0 Å². The zero-order chi connectivity index (χ0) is 13.2. The van der Waals surface area contributed by atoms with Crippen molar-refractivity contribution >= 4 is 15.7 Å². The van der Waals surface area contributed by atoms with Crippen LogP contribution in [0.25, 0.3) is 0 Å². The average Bonchev–Trinajstić information content (AvgIpc) is 2.68. The first-order valence-corrected chi connectivity index (χ1v) is 8.49. The van der Waals surface area contributed by atoms with Gasteiger partial charge >= 0.3 is 0 Å². The fourth-order valence-corrected chi connectivity index (χ4v) is 4.38. The van der Waals surface area contributed by atoms with E-state index in [0.717, 1.165) is 25.7 Å². The first-order valence-electron chi connectivity index (χ1n) is 6.67. The molecule has 6 heteroatoms. The lowest BCUT2D eigenvalue weighted by Crippen LogP contribution is -2.46. The normalized spacial score (nSPS) is 26.9. The predicted molar refractivity (Wildman–Crippen MR) is 69.8 cm³/mol. The van der Waals surface area contributed by atoms with Crippen LogP contribution in [0.1, 0.15) is 44.9 Å². The summed E-state index contributed by atoms with van der Waals surface area (Å²) in [5.41, 5.74) is 5.82. The average molecular weight is 274 g/mol. The molecule has 2 rings (SSSR count). The van der Waals surface area contributed by atoms with Crippen molar-refractivity contribution in [2.24, 2.45) is 5.73 Å². The van der Waals surface area contributed by atoms with Crippen LogP contribution in [-0.2, 0) is 14.6 Å². The number of sulfone groups is 1. The number of hydrogen-bond donors (Lipinski definition) is 2. The molecule has 0 atom stereocenters. The van der Waals surface area contributed by atoms with E-state index in [2.05, 4.69) is 5.32 Å². The molecule has 0 aromatic heterocycles. The molecule has 0 bridgehead atoms.